The van der Waals surface area contributed by atoms with Crippen molar-refractivity contribution in [3.63, 3.8) is 0 Å². The number of esters is 1. The van der Waals surface area contributed by atoms with Crippen molar-refractivity contribution in [3.05, 3.63) is 82.0 Å². The fourth-order valence-electron chi connectivity index (χ4n) is 2.61. The van der Waals surface area contributed by atoms with E-state index in [1.54, 1.807) is 6.92 Å². The number of nitrogens with zero attached hydrogens (tertiary/aromatic N) is 2. The lowest BCUT2D eigenvalue weighted by molar-refractivity contribution is 0.0526. The summed E-state index contributed by atoms with van der Waals surface area (Å²) in [6, 6.07) is 12.3. The zero-order valence-corrected chi connectivity index (χ0v) is 16.2. The smallest absolute Gasteiger partial charge is 0.338 e. The number of carbonyl (C=O) groups is 2. The van der Waals surface area contributed by atoms with Crippen molar-refractivity contribution >= 4 is 17.6 Å². The average Bonchev–Trinajstić information content (AvgIpc) is 2.74. The Hall–Kier alpha value is -4.01. The predicted molar refractivity (Wildman–Crippen MR) is 107 cm³/mol. The van der Waals surface area contributed by atoms with Gasteiger partial charge in [0.25, 0.3) is 11.5 Å². The Morgan fingerprint density at radius 1 is 1.10 bits per heavy atom. The molecule has 1 amide bonds. The largest absolute Gasteiger partial charge is 0.494 e. The summed E-state index contributed by atoms with van der Waals surface area (Å²) in [6.07, 6.45) is 0. The number of rotatable bonds is 6. The minimum absolute atomic E-state index is 0.0148. The molecule has 0 aliphatic heterocycles. The molecule has 0 bridgehead atoms. The van der Waals surface area contributed by atoms with Gasteiger partial charge < -0.3 is 14.8 Å². The molecule has 0 spiro atoms. The highest BCUT2D eigenvalue weighted by atomic mass is 19.1. The highest BCUT2D eigenvalue weighted by Gasteiger charge is 2.18. The Morgan fingerprint density at radius 3 is 2.37 bits per heavy atom. The Labute approximate surface area is 170 Å². The molecule has 3 rings (SSSR count). The number of anilines is 1. The molecule has 3 aromatic rings. The second kappa shape index (κ2) is 8.99. The van der Waals surface area contributed by atoms with Gasteiger partial charge >= 0.3 is 5.97 Å². The maximum Gasteiger partial charge on any atom is 0.338 e. The molecule has 0 atom stereocenters. The highest BCUT2D eigenvalue weighted by molar-refractivity contribution is 6.04. The first-order valence-corrected chi connectivity index (χ1v) is 8.95. The van der Waals surface area contributed by atoms with E-state index in [0.717, 1.165) is 10.7 Å². The van der Waals surface area contributed by atoms with Crippen molar-refractivity contribution in [2.75, 3.05) is 19.0 Å². The number of halogens is 1. The number of nitrogens with one attached hydrogen (secondary N) is 1. The normalized spacial score (nSPS) is 10.4. The van der Waals surface area contributed by atoms with Crippen LogP contribution in [0.1, 0.15) is 27.8 Å². The third kappa shape index (κ3) is 4.52. The minimum atomic E-state index is -0.633. The second-order valence-corrected chi connectivity index (χ2v) is 6.04. The van der Waals surface area contributed by atoms with Crippen molar-refractivity contribution < 1.29 is 23.5 Å². The summed E-state index contributed by atoms with van der Waals surface area (Å²) in [6.45, 7) is 1.96. The van der Waals surface area contributed by atoms with Gasteiger partial charge in [-0.15, -0.1) is 0 Å². The van der Waals surface area contributed by atoms with E-state index in [-0.39, 0.29) is 23.7 Å². The van der Waals surface area contributed by atoms with Gasteiger partial charge in [0.2, 0.25) is 0 Å². The number of carbonyl (C=O) groups excluding carboxylic acids is 2. The van der Waals surface area contributed by atoms with Crippen molar-refractivity contribution in [2.24, 2.45) is 0 Å². The first-order chi connectivity index (χ1) is 14.4. The molecule has 1 heterocycles. The van der Waals surface area contributed by atoms with Gasteiger partial charge in [0.15, 0.2) is 11.4 Å². The summed E-state index contributed by atoms with van der Waals surface area (Å²) in [5.74, 6) is -1.58. The summed E-state index contributed by atoms with van der Waals surface area (Å²) in [5, 5.41) is 6.71. The Balaban J connectivity index is 1.89. The quantitative estimate of drug-likeness (QED) is 0.626. The predicted octanol–water partition coefficient (Wildman–Crippen LogP) is 2.81. The van der Waals surface area contributed by atoms with Crippen LogP contribution in [0, 0.1) is 5.82 Å². The van der Waals surface area contributed by atoms with Crippen LogP contribution in [0.25, 0.3) is 5.69 Å². The molecule has 8 nitrogen and oxygen atoms in total. The van der Waals surface area contributed by atoms with Gasteiger partial charge in [-0.05, 0) is 55.5 Å². The van der Waals surface area contributed by atoms with E-state index in [2.05, 4.69) is 10.4 Å². The molecule has 1 aromatic heterocycles. The van der Waals surface area contributed by atoms with Crippen molar-refractivity contribution in [1.82, 2.24) is 9.78 Å². The molecule has 9 heteroatoms. The lowest BCUT2D eigenvalue weighted by Crippen LogP contribution is -2.26. The van der Waals surface area contributed by atoms with Gasteiger partial charge in [-0.3, -0.25) is 9.59 Å². The van der Waals surface area contributed by atoms with E-state index in [9.17, 15) is 18.8 Å². The number of hydrogen-bond donors (Lipinski definition) is 1. The van der Waals surface area contributed by atoms with E-state index < -0.39 is 23.3 Å². The first-order valence-electron chi connectivity index (χ1n) is 8.95. The number of hydrogen-bond acceptors (Lipinski definition) is 6. The van der Waals surface area contributed by atoms with Crippen LogP contribution in [0.5, 0.6) is 5.75 Å². The molecule has 30 heavy (non-hydrogen) atoms. The molecule has 2 aromatic carbocycles. The Kier molecular flexibility index (Phi) is 6.21. The molecule has 0 aliphatic carbocycles. The fraction of sp³-hybridized carbons (Fsp3) is 0.143. The van der Waals surface area contributed by atoms with Crippen LogP contribution in [-0.2, 0) is 4.74 Å². The first kappa shape index (κ1) is 20.7. The Bertz CT molecular complexity index is 1120. The average molecular weight is 411 g/mol. The lowest BCUT2D eigenvalue weighted by Gasteiger charge is -2.11. The number of ether oxygens (including phenoxy) is 2. The van der Waals surface area contributed by atoms with Crippen LogP contribution in [-0.4, -0.2) is 35.4 Å². The van der Waals surface area contributed by atoms with Crippen LogP contribution in [0.4, 0.5) is 10.1 Å². The molecule has 0 aliphatic rings. The summed E-state index contributed by atoms with van der Waals surface area (Å²) in [7, 11) is 1.31. The second-order valence-electron chi connectivity index (χ2n) is 6.04. The molecule has 0 fully saturated rings. The Morgan fingerprint density at radius 2 is 1.77 bits per heavy atom. The van der Waals surface area contributed by atoms with Gasteiger partial charge in [0, 0.05) is 5.69 Å². The molecular formula is C21H18FN3O5. The zero-order valence-electron chi connectivity index (χ0n) is 16.2. The third-order valence-corrected chi connectivity index (χ3v) is 4.06. The van der Waals surface area contributed by atoms with Gasteiger partial charge in [0.1, 0.15) is 5.82 Å². The SMILES string of the molecule is CCOC(=O)c1ccc(NC(=O)c2nn(-c3ccc(F)cc3)c(=O)cc2OC)cc1. The van der Waals surface area contributed by atoms with E-state index in [4.69, 9.17) is 9.47 Å². The number of benzene rings is 2. The van der Waals surface area contributed by atoms with Crippen molar-refractivity contribution in [2.45, 2.75) is 6.92 Å². The molecule has 1 N–H and O–H groups in total. The van der Waals surface area contributed by atoms with Gasteiger partial charge in [0.05, 0.1) is 31.0 Å². The van der Waals surface area contributed by atoms with Crippen LogP contribution in [0.3, 0.4) is 0 Å². The van der Waals surface area contributed by atoms with Crippen LogP contribution >= 0.6 is 0 Å². The molecule has 0 saturated heterocycles. The van der Waals surface area contributed by atoms with Gasteiger partial charge in [-0.2, -0.15) is 9.78 Å². The highest BCUT2D eigenvalue weighted by Crippen LogP contribution is 2.18. The monoisotopic (exact) mass is 411 g/mol. The third-order valence-electron chi connectivity index (χ3n) is 4.06. The van der Waals surface area contributed by atoms with Crippen molar-refractivity contribution in [1.29, 1.82) is 0 Å². The van der Waals surface area contributed by atoms with E-state index in [1.807, 2.05) is 0 Å². The van der Waals surface area contributed by atoms with Crippen LogP contribution in [0.2, 0.25) is 0 Å². The summed E-state index contributed by atoms with van der Waals surface area (Å²) in [4.78, 5) is 36.8. The minimum Gasteiger partial charge on any atom is -0.494 e. The van der Waals surface area contributed by atoms with E-state index in [0.29, 0.717) is 11.3 Å². The number of methoxy groups -OCH3 is 1. The zero-order chi connectivity index (χ0) is 21.7. The van der Waals surface area contributed by atoms with E-state index in [1.165, 1.54) is 55.6 Å². The fourth-order valence-corrected chi connectivity index (χ4v) is 2.61. The number of amides is 1. The van der Waals surface area contributed by atoms with E-state index >= 15 is 0 Å². The molecule has 0 unspecified atom stereocenters. The maximum atomic E-state index is 13.2. The topological polar surface area (TPSA) is 99.5 Å². The molecular weight excluding hydrogens is 393 g/mol. The maximum absolute atomic E-state index is 13.2. The summed E-state index contributed by atoms with van der Waals surface area (Å²) >= 11 is 0. The summed E-state index contributed by atoms with van der Waals surface area (Å²) < 4.78 is 24.2. The van der Waals surface area contributed by atoms with Crippen LogP contribution < -0.4 is 15.6 Å². The standard InChI is InChI=1S/C21H18FN3O5/c1-3-30-21(28)13-4-8-15(9-5-13)23-20(27)19-17(29-2)12-18(26)25(24-19)16-10-6-14(22)7-11-16/h4-12H,3H2,1-2H3,(H,23,27). The lowest BCUT2D eigenvalue weighted by atomic mass is 10.2. The molecule has 0 saturated carbocycles. The van der Waals surface area contributed by atoms with Crippen LogP contribution in [0.15, 0.2) is 59.4 Å². The van der Waals surface area contributed by atoms with Gasteiger partial charge in [-0.1, -0.05) is 0 Å². The summed E-state index contributed by atoms with van der Waals surface area (Å²) in [5.41, 5.74) is 0.341. The van der Waals surface area contributed by atoms with Crippen molar-refractivity contribution in [3.8, 4) is 11.4 Å². The van der Waals surface area contributed by atoms with Gasteiger partial charge in [-0.25, -0.2) is 9.18 Å². The molecule has 154 valence electrons. The number of aromatic nitrogens is 2. The molecule has 0 radical (unpaired) electrons.